The van der Waals surface area contributed by atoms with Gasteiger partial charge in [0.05, 0.1) is 12.8 Å². The molecule has 0 unspecified atom stereocenters. The van der Waals surface area contributed by atoms with Crippen molar-refractivity contribution >= 4 is 72.9 Å². The van der Waals surface area contributed by atoms with Gasteiger partial charge in [-0.1, -0.05) is 35.7 Å². The standard InChI is InChI=1S/C20H21N3O3S4/c1-5-21-12-10-11(26-4)8-9-13(12)28-18(21)14-16(24)22(6-2)19(29-14)15-17(25)23(7-3)20(27)30-15/h8-10H,5-7H2,1-4H3. The van der Waals surface area contributed by atoms with Gasteiger partial charge in [-0.3, -0.25) is 19.1 Å². The summed E-state index contributed by atoms with van der Waals surface area (Å²) >= 11 is 9.61. The number of amides is 1. The van der Waals surface area contributed by atoms with Gasteiger partial charge in [-0.15, -0.1) is 11.3 Å². The highest BCUT2D eigenvalue weighted by Crippen LogP contribution is 2.47. The van der Waals surface area contributed by atoms with Crippen molar-refractivity contribution in [1.29, 1.82) is 0 Å². The van der Waals surface area contributed by atoms with Gasteiger partial charge in [0.1, 0.15) is 29.2 Å². The lowest BCUT2D eigenvalue weighted by Crippen LogP contribution is -2.35. The predicted molar refractivity (Wildman–Crippen MR) is 130 cm³/mol. The second-order valence-corrected chi connectivity index (χ2v) is 10.2. The van der Waals surface area contributed by atoms with Crippen molar-refractivity contribution < 1.29 is 9.53 Å². The summed E-state index contributed by atoms with van der Waals surface area (Å²) < 4.78 is 8.94. The van der Waals surface area contributed by atoms with E-state index in [2.05, 4.69) is 11.8 Å². The van der Waals surface area contributed by atoms with Gasteiger partial charge < -0.3 is 9.64 Å². The zero-order valence-electron chi connectivity index (χ0n) is 17.1. The van der Waals surface area contributed by atoms with Crippen LogP contribution in [0, 0.1) is 0 Å². The van der Waals surface area contributed by atoms with Crippen molar-refractivity contribution in [2.75, 3.05) is 25.1 Å². The Kier molecular flexibility index (Phi) is 6.02. The Morgan fingerprint density at radius 3 is 2.37 bits per heavy atom. The van der Waals surface area contributed by atoms with Gasteiger partial charge in [-0.05, 0) is 32.9 Å². The average molecular weight is 480 g/mol. The number of benzene rings is 1. The maximum absolute atomic E-state index is 13.3. The van der Waals surface area contributed by atoms with E-state index in [0.717, 1.165) is 27.9 Å². The summed E-state index contributed by atoms with van der Waals surface area (Å²) in [6.45, 7) is 7.62. The minimum absolute atomic E-state index is 0.0695. The number of nitrogens with zero attached hydrogens (tertiary/aromatic N) is 3. The Hall–Kier alpha value is -1.75. The molecule has 1 aromatic carbocycles. The quantitative estimate of drug-likeness (QED) is 0.625. The smallest absolute Gasteiger partial charge is 0.271 e. The zero-order valence-corrected chi connectivity index (χ0v) is 20.3. The molecule has 1 aromatic heterocycles. The van der Waals surface area contributed by atoms with E-state index in [1.54, 1.807) is 28.3 Å². The number of methoxy groups -OCH3 is 1. The summed E-state index contributed by atoms with van der Waals surface area (Å²) in [7, 11) is 1.65. The van der Waals surface area contributed by atoms with Gasteiger partial charge in [0.15, 0.2) is 0 Å². The molecule has 0 spiro atoms. The first-order chi connectivity index (χ1) is 14.4. The van der Waals surface area contributed by atoms with Crippen LogP contribution in [0.25, 0.3) is 9.93 Å². The molecule has 1 fully saturated rings. The van der Waals surface area contributed by atoms with Crippen LogP contribution in [0.5, 0.6) is 5.75 Å². The third-order valence-electron chi connectivity index (χ3n) is 4.98. The van der Waals surface area contributed by atoms with Crippen LogP contribution >= 0.6 is 47.1 Å². The van der Waals surface area contributed by atoms with E-state index < -0.39 is 0 Å². The summed E-state index contributed by atoms with van der Waals surface area (Å²) in [5.41, 5.74) is 0.964. The fourth-order valence-electron chi connectivity index (χ4n) is 3.47. The van der Waals surface area contributed by atoms with Crippen LogP contribution < -0.4 is 24.4 Å². The van der Waals surface area contributed by atoms with E-state index in [1.165, 1.54) is 23.1 Å². The third-order valence-corrected chi connectivity index (χ3v) is 9.05. The summed E-state index contributed by atoms with van der Waals surface area (Å²) in [4.78, 5) is 31.6. The number of carbonyl (C=O) groups excluding carboxylic acids is 1. The fourth-order valence-corrected chi connectivity index (χ4v) is 7.55. The van der Waals surface area contributed by atoms with Crippen LogP contribution in [-0.4, -0.2) is 39.9 Å². The summed E-state index contributed by atoms with van der Waals surface area (Å²) in [6.07, 6.45) is 0. The first-order valence-electron chi connectivity index (χ1n) is 9.60. The lowest BCUT2D eigenvalue weighted by atomic mass is 10.2. The number of thiocarbonyl (C=S) groups is 1. The molecule has 2 aromatic rings. The van der Waals surface area contributed by atoms with E-state index in [0.29, 0.717) is 31.5 Å². The molecular formula is C20H21N3O3S4. The van der Waals surface area contributed by atoms with Crippen LogP contribution in [0.2, 0.25) is 0 Å². The van der Waals surface area contributed by atoms with E-state index in [-0.39, 0.29) is 11.5 Å². The second kappa shape index (κ2) is 8.41. The molecule has 2 aliphatic heterocycles. The molecule has 2 aliphatic rings. The van der Waals surface area contributed by atoms with Crippen LogP contribution in [-0.2, 0) is 11.3 Å². The third kappa shape index (κ3) is 3.30. The molecule has 0 radical (unpaired) electrons. The summed E-state index contributed by atoms with van der Waals surface area (Å²) in [5, 5.41) is 0.898. The molecule has 1 amide bonds. The number of fused-ring (bicyclic) bond motifs is 1. The number of thioether (sulfide) groups is 2. The van der Waals surface area contributed by atoms with Gasteiger partial charge in [0.2, 0.25) is 0 Å². The highest BCUT2D eigenvalue weighted by Gasteiger charge is 2.33. The molecule has 30 heavy (non-hydrogen) atoms. The van der Waals surface area contributed by atoms with Gasteiger partial charge >= 0.3 is 0 Å². The topological polar surface area (TPSA) is 54.8 Å². The van der Waals surface area contributed by atoms with E-state index >= 15 is 0 Å². The van der Waals surface area contributed by atoms with Crippen molar-refractivity contribution in [2.24, 2.45) is 0 Å². The normalized spacial score (nSPS) is 19.7. The highest BCUT2D eigenvalue weighted by atomic mass is 32.2. The Morgan fingerprint density at radius 2 is 1.77 bits per heavy atom. The van der Waals surface area contributed by atoms with Crippen LogP contribution in [0.3, 0.4) is 0 Å². The van der Waals surface area contributed by atoms with Gasteiger partial charge in [-0.2, -0.15) is 0 Å². The second-order valence-electron chi connectivity index (χ2n) is 6.52. The minimum atomic E-state index is -0.119. The van der Waals surface area contributed by atoms with Crippen molar-refractivity contribution in [3.05, 3.63) is 37.7 Å². The Bertz CT molecular complexity index is 1230. The first kappa shape index (κ1) is 21.5. The molecule has 0 saturated carbocycles. The summed E-state index contributed by atoms with van der Waals surface area (Å²) in [6, 6.07) is 5.94. The largest absolute Gasteiger partial charge is 0.497 e. The highest BCUT2D eigenvalue weighted by molar-refractivity contribution is 8.30. The molecule has 0 aliphatic carbocycles. The monoisotopic (exact) mass is 479 g/mol. The average Bonchev–Trinajstić information content (AvgIpc) is 3.37. The van der Waals surface area contributed by atoms with Crippen molar-refractivity contribution in [3.63, 3.8) is 0 Å². The van der Waals surface area contributed by atoms with E-state index in [4.69, 9.17) is 17.0 Å². The molecule has 1 saturated heterocycles. The van der Waals surface area contributed by atoms with Gasteiger partial charge in [-0.25, -0.2) is 0 Å². The molecule has 158 valence electrons. The van der Waals surface area contributed by atoms with Crippen molar-refractivity contribution in [2.45, 2.75) is 32.2 Å². The number of hydrogen-bond donors (Lipinski definition) is 0. The van der Waals surface area contributed by atoms with Crippen molar-refractivity contribution in [1.82, 2.24) is 9.47 Å². The number of hydrogen-bond acceptors (Lipinski definition) is 8. The SMILES string of the molecule is CCN1C(=O)C(=c2sc(=C3Sc4ccc(OC)cc4N3CC)c(=O)n2CC)SC1=S. The van der Waals surface area contributed by atoms with Gasteiger partial charge in [0, 0.05) is 30.6 Å². The number of aromatic nitrogens is 1. The van der Waals surface area contributed by atoms with Gasteiger partial charge in [0.25, 0.3) is 11.5 Å². The van der Waals surface area contributed by atoms with Crippen LogP contribution in [0.1, 0.15) is 20.8 Å². The number of carbonyl (C=O) groups is 1. The first-order valence-corrected chi connectivity index (χ1v) is 12.5. The number of thiazole rings is 1. The van der Waals surface area contributed by atoms with Crippen molar-refractivity contribution in [3.8, 4) is 5.75 Å². The lowest BCUT2D eigenvalue weighted by Gasteiger charge is -2.17. The summed E-state index contributed by atoms with van der Waals surface area (Å²) in [5.74, 6) is 0.663. The molecule has 4 rings (SSSR count). The number of anilines is 1. The minimum Gasteiger partial charge on any atom is -0.497 e. The molecule has 0 bridgehead atoms. The maximum atomic E-state index is 13.3. The molecular weight excluding hydrogens is 459 g/mol. The molecule has 6 nitrogen and oxygen atoms in total. The zero-order chi connectivity index (χ0) is 21.6. The Balaban J connectivity index is 1.97. The predicted octanol–water partition coefficient (Wildman–Crippen LogP) is 2.62. The molecule has 0 atom stereocenters. The van der Waals surface area contributed by atoms with Crippen LogP contribution in [0.4, 0.5) is 5.69 Å². The Morgan fingerprint density at radius 1 is 1.03 bits per heavy atom. The van der Waals surface area contributed by atoms with Crippen LogP contribution in [0.15, 0.2) is 27.9 Å². The number of rotatable bonds is 4. The fraction of sp³-hybridized carbons (Fsp3) is 0.350. The lowest BCUT2D eigenvalue weighted by molar-refractivity contribution is -0.120. The molecule has 10 heteroatoms. The number of ether oxygens (including phenoxy) is 1. The Labute approximate surface area is 192 Å². The maximum Gasteiger partial charge on any atom is 0.271 e. The van der Waals surface area contributed by atoms with E-state index in [9.17, 15) is 9.59 Å². The van der Waals surface area contributed by atoms with E-state index in [1.807, 2.05) is 32.0 Å². The molecule has 0 N–H and O–H groups in total. The molecule has 3 heterocycles.